The van der Waals surface area contributed by atoms with E-state index in [1.807, 2.05) is 0 Å². The van der Waals surface area contributed by atoms with Crippen LogP contribution in [0.4, 0.5) is 11.5 Å². The molecule has 1 heterocycles. The van der Waals surface area contributed by atoms with E-state index in [-0.39, 0.29) is 27.3 Å². The summed E-state index contributed by atoms with van der Waals surface area (Å²) in [5.41, 5.74) is 0.697. The van der Waals surface area contributed by atoms with Crippen molar-refractivity contribution in [1.82, 2.24) is 15.3 Å². The molecule has 0 fully saturated rings. The number of carbonyl (C=O) groups is 1. The molecule has 0 radical (unpaired) electrons. The van der Waals surface area contributed by atoms with Crippen LogP contribution in [0.3, 0.4) is 0 Å². The summed E-state index contributed by atoms with van der Waals surface area (Å²) in [6, 6.07) is 11.5. The Balaban J connectivity index is 1.64. The lowest BCUT2D eigenvalue weighted by molar-refractivity contribution is 0.0977. The molecule has 13 heteroatoms. The molecule has 0 saturated carbocycles. The first-order chi connectivity index (χ1) is 15.2. The third-order valence-corrected chi connectivity index (χ3v) is 5.88. The van der Waals surface area contributed by atoms with Gasteiger partial charge >= 0.3 is 0 Å². The highest BCUT2D eigenvalue weighted by Gasteiger charge is 2.16. The fraction of sp³-hybridized carbons (Fsp3) is 0.0526. The van der Waals surface area contributed by atoms with Gasteiger partial charge < -0.3 is 10.1 Å². The summed E-state index contributed by atoms with van der Waals surface area (Å²) in [4.78, 5) is 19.9. The number of sulfonamides is 1. The number of ether oxygens (including phenoxy) is 1. The van der Waals surface area contributed by atoms with Gasteiger partial charge in [0.1, 0.15) is 12.1 Å². The SMILES string of the molecule is COc1cc(NS(=O)(=O)c2ccc(NC(=S)NC(=O)c3cc(Cl)cc(Cl)c3)cc2)ncn1. The molecule has 3 rings (SSSR count). The van der Waals surface area contributed by atoms with Gasteiger partial charge in [0.25, 0.3) is 15.9 Å². The first kappa shape index (κ1) is 23.7. The van der Waals surface area contributed by atoms with Gasteiger partial charge in [0.05, 0.1) is 12.0 Å². The zero-order chi connectivity index (χ0) is 23.3. The Kier molecular flexibility index (Phi) is 7.46. The van der Waals surface area contributed by atoms with E-state index in [0.717, 1.165) is 0 Å². The minimum atomic E-state index is -3.90. The summed E-state index contributed by atoms with van der Waals surface area (Å²) >= 11 is 16.9. The Morgan fingerprint density at radius 2 is 1.69 bits per heavy atom. The second-order valence-electron chi connectivity index (χ2n) is 6.14. The fourth-order valence-electron chi connectivity index (χ4n) is 2.44. The molecule has 0 unspecified atom stereocenters. The average molecular weight is 512 g/mol. The van der Waals surface area contributed by atoms with Crippen LogP contribution in [0.1, 0.15) is 10.4 Å². The average Bonchev–Trinajstić information content (AvgIpc) is 2.73. The second-order valence-corrected chi connectivity index (χ2v) is 9.11. The first-order valence-corrected chi connectivity index (χ1v) is 11.4. The zero-order valence-electron chi connectivity index (χ0n) is 16.3. The number of nitrogens with zero attached hydrogens (tertiary/aromatic N) is 2. The van der Waals surface area contributed by atoms with Crippen LogP contribution in [-0.2, 0) is 10.0 Å². The molecule has 32 heavy (non-hydrogen) atoms. The van der Waals surface area contributed by atoms with Gasteiger partial charge in [-0.2, -0.15) is 0 Å². The van der Waals surface area contributed by atoms with Crippen molar-refractivity contribution in [2.45, 2.75) is 4.90 Å². The van der Waals surface area contributed by atoms with Crippen LogP contribution < -0.4 is 20.1 Å². The Morgan fingerprint density at radius 3 is 2.31 bits per heavy atom. The van der Waals surface area contributed by atoms with Crippen LogP contribution in [0.5, 0.6) is 5.88 Å². The topological polar surface area (TPSA) is 122 Å². The first-order valence-electron chi connectivity index (χ1n) is 8.73. The molecule has 3 N–H and O–H groups in total. The largest absolute Gasteiger partial charge is 0.481 e. The Hall–Kier alpha value is -2.99. The molecule has 0 aliphatic rings. The Labute approximate surface area is 199 Å². The minimum Gasteiger partial charge on any atom is -0.481 e. The number of carbonyl (C=O) groups excluding carboxylic acids is 1. The quantitative estimate of drug-likeness (QED) is 0.428. The lowest BCUT2D eigenvalue weighted by atomic mass is 10.2. The highest BCUT2D eigenvalue weighted by molar-refractivity contribution is 7.92. The highest BCUT2D eigenvalue weighted by atomic mass is 35.5. The van der Waals surface area contributed by atoms with Crippen LogP contribution in [0.15, 0.2) is 59.8 Å². The number of thiocarbonyl (C=S) groups is 1. The standard InChI is InChI=1S/C19H15Cl2N5O4S2/c1-30-17-9-16(22-10-23-17)26-32(28,29)15-4-2-14(3-5-15)24-19(31)25-18(27)11-6-12(20)8-13(21)7-11/h2-10H,1H3,(H,22,23,26)(H2,24,25,27,31). The fourth-order valence-corrected chi connectivity index (χ4v) is 4.18. The van der Waals surface area contributed by atoms with Crippen LogP contribution in [-0.4, -0.2) is 36.5 Å². The zero-order valence-corrected chi connectivity index (χ0v) is 19.4. The maximum absolute atomic E-state index is 12.6. The van der Waals surface area contributed by atoms with Crippen LogP contribution >= 0.6 is 35.4 Å². The van der Waals surface area contributed by atoms with Gasteiger partial charge in [0.15, 0.2) is 5.11 Å². The van der Waals surface area contributed by atoms with Crippen molar-refractivity contribution in [3.8, 4) is 5.88 Å². The maximum Gasteiger partial charge on any atom is 0.263 e. The predicted molar refractivity (Wildman–Crippen MR) is 126 cm³/mol. The summed E-state index contributed by atoms with van der Waals surface area (Å²) in [5, 5.41) is 5.92. The van der Waals surface area contributed by atoms with Gasteiger partial charge in [-0.15, -0.1) is 0 Å². The number of amides is 1. The monoisotopic (exact) mass is 511 g/mol. The van der Waals surface area contributed by atoms with Gasteiger partial charge in [-0.05, 0) is 54.7 Å². The lowest BCUT2D eigenvalue weighted by Crippen LogP contribution is -2.34. The van der Waals surface area contributed by atoms with Crippen LogP contribution in [0.25, 0.3) is 0 Å². The third kappa shape index (κ3) is 6.26. The molecule has 9 nitrogen and oxygen atoms in total. The van der Waals surface area contributed by atoms with Crippen molar-refractivity contribution >= 4 is 68.0 Å². The van der Waals surface area contributed by atoms with Crippen molar-refractivity contribution in [3.05, 3.63) is 70.5 Å². The summed E-state index contributed by atoms with van der Waals surface area (Å²) in [5.74, 6) is -0.229. The van der Waals surface area contributed by atoms with Crippen molar-refractivity contribution < 1.29 is 17.9 Å². The minimum absolute atomic E-state index is 0.00732. The molecule has 0 aliphatic carbocycles. The molecule has 166 valence electrons. The summed E-state index contributed by atoms with van der Waals surface area (Å²) in [7, 11) is -2.49. The van der Waals surface area contributed by atoms with Gasteiger partial charge in [-0.25, -0.2) is 18.4 Å². The van der Waals surface area contributed by atoms with Crippen molar-refractivity contribution in [1.29, 1.82) is 0 Å². The molecule has 0 saturated heterocycles. The smallest absolute Gasteiger partial charge is 0.263 e. The van der Waals surface area contributed by atoms with Gasteiger partial charge in [0.2, 0.25) is 5.88 Å². The van der Waals surface area contributed by atoms with E-state index in [9.17, 15) is 13.2 Å². The normalized spacial score (nSPS) is 10.8. The molecule has 0 bridgehead atoms. The van der Waals surface area contributed by atoms with E-state index in [1.165, 1.54) is 62.0 Å². The number of nitrogens with one attached hydrogen (secondary N) is 3. The van der Waals surface area contributed by atoms with Crippen LogP contribution in [0, 0.1) is 0 Å². The van der Waals surface area contributed by atoms with Crippen molar-refractivity contribution in [3.63, 3.8) is 0 Å². The van der Waals surface area contributed by atoms with E-state index in [1.54, 1.807) is 0 Å². The molecule has 0 atom stereocenters. The number of anilines is 2. The summed E-state index contributed by atoms with van der Waals surface area (Å²) in [6.45, 7) is 0. The number of hydrogen-bond acceptors (Lipinski definition) is 7. The predicted octanol–water partition coefficient (Wildman–Crippen LogP) is 3.72. The number of hydrogen-bond donors (Lipinski definition) is 3. The Morgan fingerprint density at radius 1 is 1.03 bits per heavy atom. The number of halogens is 2. The number of aromatic nitrogens is 2. The Bertz CT molecular complexity index is 1250. The molecule has 1 aromatic heterocycles. The van der Waals surface area contributed by atoms with Gasteiger partial charge in [-0.1, -0.05) is 23.2 Å². The van der Waals surface area contributed by atoms with Gasteiger partial charge in [-0.3, -0.25) is 14.8 Å². The third-order valence-electron chi connectivity index (χ3n) is 3.86. The molecular formula is C19H15Cl2N5O4S2. The van der Waals surface area contributed by atoms with E-state index in [2.05, 4.69) is 25.3 Å². The maximum atomic E-state index is 12.6. The lowest BCUT2D eigenvalue weighted by Gasteiger charge is -2.11. The molecule has 0 aliphatic heterocycles. The van der Waals surface area contributed by atoms with Crippen molar-refractivity contribution in [2.75, 3.05) is 17.1 Å². The molecule has 2 aromatic carbocycles. The number of methoxy groups -OCH3 is 1. The van der Waals surface area contributed by atoms with Gasteiger partial charge in [0, 0.05) is 27.4 Å². The van der Waals surface area contributed by atoms with E-state index in [4.69, 9.17) is 40.2 Å². The van der Waals surface area contributed by atoms with E-state index in [0.29, 0.717) is 15.7 Å². The second kappa shape index (κ2) is 10.1. The summed E-state index contributed by atoms with van der Waals surface area (Å²) in [6.07, 6.45) is 1.18. The highest BCUT2D eigenvalue weighted by Crippen LogP contribution is 2.20. The van der Waals surface area contributed by atoms with E-state index < -0.39 is 15.9 Å². The molecule has 0 spiro atoms. The van der Waals surface area contributed by atoms with Crippen molar-refractivity contribution in [2.24, 2.45) is 0 Å². The molecular weight excluding hydrogens is 497 g/mol. The molecule has 1 amide bonds. The number of benzene rings is 2. The molecule has 3 aromatic rings. The van der Waals surface area contributed by atoms with E-state index >= 15 is 0 Å². The summed E-state index contributed by atoms with van der Waals surface area (Å²) < 4.78 is 32.4. The van der Waals surface area contributed by atoms with Crippen LogP contribution in [0.2, 0.25) is 10.0 Å². The number of rotatable bonds is 6.